The molecule has 1 aliphatic heterocycles. The van der Waals surface area contributed by atoms with E-state index in [-0.39, 0.29) is 0 Å². The number of nitrogen functional groups attached to an aromatic ring is 1. The maximum atomic E-state index is 5.99. The summed E-state index contributed by atoms with van der Waals surface area (Å²) in [6.45, 7) is 3.14. The predicted molar refractivity (Wildman–Crippen MR) is 93.2 cm³/mol. The normalized spacial score (nSPS) is 17.7. The highest BCUT2D eigenvalue weighted by atomic mass is 15.1. The number of aromatic amines is 1. The van der Waals surface area contributed by atoms with Crippen LogP contribution in [0.5, 0.6) is 0 Å². The number of anilines is 2. The van der Waals surface area contributed by atoms with Gasteiger partial charge in [-0.15, -0.1) is 0 Å². The van der Waals surface area contributed by atoms with E-state index in [1.54, 1.807) is 6.20 Å². The van der Waals surface area contributed by atoms with Gasteiger partial charge in [-0.05, 0) is 37.6 Å². The molecular formula is C17H20N6. The largest absolute Gasteiger partial charge is 0.384 e. The summed E-state index contributed by atoms with van der Waals surface area (Å²) in [5.41, 5.74) is 9.97. The highest BCUT2D eigenvalue weighted by molar-refractivity contribution is 5.95. The van der Waals surface area contributed by atoms with Gasteiger partial charge in [0.2, 0.25) is 0 Å². The first-order chi connectivity index (χ1) is 11.3. The quantitative estimate of drug-likeness (QED) is 0.593. The van der Waals surface area contributed by atoms with Crippen LogP contribution in [-0.2, 0) is 0 Å². The van der Waals surface area contributed by atoms with E-state index in [1.165, 1.54) is 6.42 Å². The van der Waals surface area contributed by atoms with Crippen LogP contribution in [0.1, 0.15) is 6.42 Å². The van der Waals surface area contributed by atoms with Gasteiger partial charge in [-0.25, -0.2) is 4.98 Å². The molecule has 3 heterocycles. The fraction of sp³-hybridized carbons (Fsp3) is 0.294. The molecule has 118 valence electrons. The molecule has 0 unspecified atom stereocenters. The molecule has 1 fully saturated rings. The molecule has 0 amide bonds. The van der Waals surface area contributed by atoms with Crippen LogP contribution in [-0.4, -0.2) is 34.8 Å². The molecule has 0 radical (unpaired) electrons. The number of fused-ring (bicyclic) bond motifs is 1. The molecule has 0 spiro atoms. The molecule has 3 aromatic rings. The number of nitrogens with two attached hydrogens (primary N) is 1. The zero-order chi connectivity index (χ0) is 15.6. The fourth-order valence-corrected chi connectivity index (χ4v) is 3.12. The lowest BCUT2D eigenvalue weighted by Gasteiger charge is -2.14. The Hall–Kier alpha value is -2.60. The molecule has 0 bridgehead atoms. The Bertz CT molecular complexity index is 805. The first kappa shape index (κ1) is 14.0. The molecule has 4 rings (SSSR count). The van der Waals surface area contributed by atoms with Crippen molar-refractivity contribution in [2.24, 2.45) is 5.92 Å². The van der Waals surface area contributed by atoms with Crippen molar-refractivity contribution in [1.29, 1.82) is 0 Å². The van der Waals surface area contributed by atoms with Gasteiger partial charge in [-0.3, -0.25) is 5.10 Å². The second-order valence-electron chi connectivity index (χ2n) is 6.04. The Morgan fingerprint density at radius 3 is 3.00 bits per heavy atom. The maximum Gasteiger partial charge on any atom is 0.126 e. The summed E-state index contributed by atoms with van der Waals surface area (Å²) in [7, 11) is 0. The van der Waals surface area contributed by atoms with Crippen LogP contribution >= 0.6 is 0 Å². The third-order valence-electron chi connectivity index (χ3n) is 4.38. The predicted octanol–water partition coefficient (Wildman–Crippen LogP) is 2.23. The molecule has 6 nitrogen and oxygen atoms in total. The zero-order valence-electron chi connectivity index (χ0n) is 12.8. The van der Waals surface area contributed by atoms with Gasteiger partial charge in [-0.2, -0.15) is 5.10 Å². The number of nitrogens with one attached hydrogen (secondary N) is 3. The number of aromatic nitrogens is 3. The third kappa shape index (κ3) is 2.85. The summed E-state index contributed by atoms with van der Waals surface area (Å²) >= 11 is 0. The van der Waals surface area contributed by atoms with Gasteiger partial charge in [-0.1, -0.05) is 12.1 Å². The Morgan fingerprint density at radius 1 is 1.26 bits per heavy atom. The van der Waals surface area contributed by atoms with E-state index in [2.05, 4.69) is 37.9 Å². The second-order valence-corrected chi connectivity index (χ2v) is 6.04. The summed E-state index contributed by atoms with van der Waals surface area (Å²) in [6.07, 6.45) is 2.96. The minimum Gasteiger partial charge on any atom is -0.384 e. The SMILES string of the molecule is Nc1cc(NC[C@H]2CCNC2)c2ccc(-c3ccn[nH]3)cc2n1. The molecular weight excluding hydrogens is 288 g/mol. The Balaban J connectivity index is 1.67. The monoisotopic (exact) mass is 308 g/mol. The van der Waals surface area contributed by atoms with Crippen LogP contribution in [0.3, 0.4) is 0 Å². The first-order valence-corrected chi connectivity index (χ1v) is 7.94. The lowest BCUT2D eigenvalue weighted by atomic mass is 10.1. The standard InChI is InChI=1S/C17H20N6/c18-17-8-15(20-10-11-3-5-19-9-11)13-2-1-12(7-16(13)22-17)14-4-6-21-23-14/h1-2,4,6-8,11,19H,3,5,9-10H2,(H,21,23)(H3,18,20,22)/t11-/m0/s1. The van der Waals surface area contributed by atoms with E-state index in [0.29, 0.717) is 11.7 Å². The summed E-state index contributed by atoms with van der Waals surface area (Å²) in [5, 5.41) is 15.0. The highest BCUT2D eigenvalue weighted by Gasteiger charge is 2.15. The van der Waals surface area contributed by atoms with Gasteiger partial charge in [0.15, 0.2) is 0 Å². The molecule has 0 saturated carbocycles. The number of hydrogen-bond acceptors (Lipinski definition) is 5. The van der Waals surface area contributed by atoms with Crippen LogP contribution in [0.4, 0.5) is 11.5 Å². The summed E-state index contributed by atoms with van der Waals surface area (Å²) in [5.74, 6) is 1.20. The van der Waals surface area contributed by atoms with Gasteiger partial charge >= 0.3 is 0 Å². The van der Waals surface area contributed by atoms with Gasteiger partial charge < -0.3 is 16.4 Å². The molecule has 1 saturated heterocycles. The molecule has 1 aliphatic rings. The zero-order valence-corrected chi connectivity index (χ0v) is 12.8. The lowest BCUT2D eigenvalue weighted by molar-refractivity contribution is 0.616. The highest BCUT2D eigenvalue weighted by Crippen LogP contribution is 2.28. The summed E-state index contributed by atoms with van der Waals surface area (Å²) in [6, 6.07) is 10.1. The Kier molecular flexibility index (Phi) is 3.59. The maximum absolute atomic E-state index is 5.99. The van der Waals surface area contributed by atoms with Crippen LogP contribution in [0, 0.1) is 5.92 Å². The van der Waals surface area contributed by atoms with Crippen molar-refractivity contribution in [3.8, 4) is 11.3 Å². The van der Waals surface area contributed by atoms with E-state index >= 15 is 0 Å². The number of H-pyrrole nitrogens is 1. The van der Waals surface area contributed by atoms with Crippen molar-refractivity contribution in [2.45, 2.75) is 6.42 Å². The molecule has 1 aromatic carbocycles. The average molecular weight is 308 g/mol. The first-order valence-electron chi connectivity index (χ1n) is 7.94. The van der Waals surface area contributed by atoms with Crippen molar-refractivity contribution < 1.29 is 0 Å². The molecule has 6 heteroatoms. The van der Waals surface area contributed by atoms with Crippen LogP contribution in [0.2, 0.25) is 0 Å². The summed E-state index contributed by atoms with van der Waals surface area (Å²) < 4.78 is 0. The van der Waals surface area contributed by atoms with Crippen LogP contribution < -0.4 is 16.4 Å². The number of hydrogen-bond donors (Lipinski definition) is 4. The lowest BCUT2D eigenvalue weighted by Crippen LogP contribution is -2.17. The minimum atomic E-state index is 0.534. The molecule has 2 aromatic heterocycles. The average Bonchev–Trinajstić information content (AvgIpc) is 3.25. The van der Waals surface area contributed by atoms with Crippen molar-refractivity contribution in [3.05, 3.63) is 36.5 Å². The number of nitrogens with zero attached hydrogens (tertiary/aromatic N) is 2. The van der Waals surface area contributed by atoms with Gasteiger partial charge in [0.05, 0.1) is 11.2 Å². The second kappa shape index (κ2) is 5.89. The minimum absolute atomic E-state index is 0.534. The number of pyridine rings is 1. The van der Waals surface area contributed by atoms with E-state index in [0.717, 1.165) is 47.5 Å². The van der Waals surface area contributed by atoms with Crippen molar-refractivity contribution in [2.75, 3.05) is 30.7 Å². The summed E-state index contributed by atoms with van der Waals surface area (Å²) in [4.78, 5) is 4.48. The van der Waals surface area contributed by atoms with E-state index < -0.39 is 0 Å². The molecule has 23 heavy (non-hydrogen) atoms. The Morgan fingerprint density at radius 2 is 2.22 bits per heavy atom. The Labute approximate surface area is 134 Å². The fourth-order valence-electron chi connectivity index (χ4n) is 3.12. The van der Waals surface area contributed by atoms with Gasteiger partial charge in [0.1, 0.15) is 5.82 Å². The van der Waals surface area contributed by atoms with Gasteiger partial charge in [0, 0.05) is 35.4 Å². The van der Waals surface area contributed by atoms with E-state index in [4.69, 9.17) is 5.73 Å². The number of rotatable bonds is 4. The third-order valence-corrected chi connectivity index (χ3v) is 4.38. The van der Waals surface area contributed by atoms with Crippen LogP contribution in [0.25, 0.3) is 22.2 Å². The van der Waals surface area contributed by atoms with E-state index in [9.17, 15) is 0 Å². The molecule has 1 atom stereocenters. The smallest absolute Gasteiger partial charge is 0.126 e. The van der Waals surface area contributed by atoms with Crippen LogP contribution in [0.15, 0.2) is 36.5 Å². The number of benzene rings is 1. The van der Waals surface area contributed by atoms with Crippen molar-refractivity contribution in [1.82, 2.24) is 20.5 Å². The topological polar surface area (TPSA) is 91.6 Å². The van der Waals surface area contributed by atoms with E-state index in [1.807, 2.05) is 18.2 Å². The van der Waals surface area contributed by atoms with Gasteiger partial charge in [0.25, 0.3) is 0 Å². The van der Waals surface area contributed by atoms with Crippen molar-refractivity contribution >= 4 is 22.4 Å². The molecule has 5 N–H and O–H groups in total. The molecule has 0 aliphatic carbocycles. The van der Waals surface area contributed by atoms with Crippen molar-refractivity contribution in [3.63, 3.8) is 0 Å².